The van der Waals surface area contributed by atoms with E-state index in [0.29, 0.717) is 23.9 Å². The summed E-state index contributed by atoms with van der Waals surface area (Å²) in [6.45, 7) is 13.9. The van der Waals surface area contributed by atoms with Crippen molar-refractivity contribution < 1.29 is 18.7 Å². The summed E-state index contributed by atoms with van der Waals surface area (Å²) in [6, 6.07) is 7.42. The van der Waals surface area contributed by atoms with Crippen molar-refractivity contribution in [3.63, 3.8) is 0 Å². The second-order valence-electron chi connectivity index (χ2n) is 7.69. The summed E-state index contributed by atoms with van der Waals surface area (Å²) >= 11 is 0. The number of pyridine rings is 1. The van der Waals surface area contributed by atoms with Crippen LogP contribution in [0.1, 0.15) is 57.7 Å². The monoisotopic (exact) mass is 403 g/mol. The summed E-state index contributed by atoms with van der Waals surface area (Å²) in [5.41, 5.74) is 2.55. The van der Waals surface area contributed by atoms with E-state index in [1.54, 1.807) is 25.4 Å². The predicted molar refractivity (Wildman–Crippen MR) is 113 cm³/mol. The van der Waals surface area contributed by atoms with E-state index in [9.17, 15) is 9.67 Å². The number of hydrogen-bond donors (Lipinski definition) is 1. The molecule has 0 amide bonds. The highest BCUT2D eigenvalue weighted by Gasteiger charge is 2.30. The van der Waals surface area contributed by atoms with Crippen LogP contribution in [-0.2, 0) is 20.9 Å². The summed E-state index contributed by atoms with van der Waals surface area (Å²) in [5, 5.41) is 10.6. The molecule has 152 valence electrons. The largest absolute Gasteiger partial charge is 0.508 e. The van der Waals surface area contributed by atoms with E-state index in [0.717, 1.165) is 16.7 Å². The van der Waals surface area contributed by atoms with Crippen LogP contribution in [0.2, 0.25) is 0 Å². The van der Waals surface area contributed by atoms with Crippen LogP contribution >= 0.6 is 7.60 Å². The van der Waals surface area contributed by atoms with Gasteiger partial charge >= 0.3 is 7.60 Å². The average Bonchev–Trinajstić information content (AvgIpc) is 2.63. The quantitative estimate of drug-likeness (QED) is 0.531. The highest BCUT2D eigenvalue weighted by molar-refractivity contribution is 7.58. The number of aromatic hydroxyl groups is 1. The average molecular weight is 403 g/mol. The molecule has 1 heterocycles. The molecule has 5 nitrogen and oxygen atoms in total. The second kappa shape index (κ2) is 8.93. The van der Waals surface area contributed by atoms with Crippen molar-refractivity contribution in [1.82, 2.24) is 4.98 Å². The maximum atomic E-state index is 13.1. The molecule has 0 bridgehead atoms. The number of aromatic nitrogens is 1. The van der Waals surface area contributed by atoms with Crippen molar-refractivity contribution in [1.29, 1.82) is 0 Å². The fraction of sp³-hybridized carbons (Fsp3) is 0.409. The van der Waals surface area contributed by atoms with Gasteiger partial charge in [0.25, 0.3) is 0 Å². The van der Waals surface area contributed by atoms with Crippen LogP contribution in [-0.4, -0.2) is 16.7 Å². The van der Waals surface area contributed by atoms with Gasteiger partial charge in [-0.2, -0.15) is 0 Å². The van der Waals surface area contributed by atoms with Crippen LogP contribution in [0, 0.1) is 0 Å². The van der Waals surface area contributed by atoms with Gasteiger partial charge in [-0.3, -0.25) is 9.51 Å². The van der Waals surface area contributed by atoms with Crippen molar-refractivity contribution in [2.45, 2.75) is 52.9 Å². The number of phenols is 1. The Hall–Kier alpha value is -2.10. The lowest BCUT2D eigenvalue weighted by Crippen LogP contribution is -2.12. The Kier molecular flexibility index (Phi) is 7.08. The molecule has 1 N–H and O–H groups in total. The number of rotatable bonds is 8. The Balaban J connectivity index is 2.37. The molecular formula is C22H30NO4P. The van der Waals surface area contributed by atoms with Gasteiger partial charge in [-0.25, -0.2) is 4.57 Å². The molecule has 2 aromatic rings. The minimum absolute atomic E-state index is 0.179. The van der Waals surface area contributed by atoms with Gasteiger partial charge in [0.15, 0.2) is 5.75 Å². The van der Waals surface area contributed by atoms with E-state index >= 15 is 0 Å². The van der Waals surface area contributed by atoms with Gasteiger partial charge in [0.05, 0.1) is 12.8 Å². The van der Waals surface area contributed by atoms with E-state index in [4.69, 9.17) is 9.05 Å². The molecule has 0 aliphatic carbocycles. The molecule has 1 unspecified atom stereocenters. The third-order valence-electron chi connectivity index (χ3n) is 4.45. The van der Waals surface area contributed by atoms with Crippen LogP contribution in [0.15, 0.2) is 48.6 Å². The van der Waals surface area contributed by atoms with Gasteiger partial charge in [-0.15, -0.1) is 0 Å². The third-order valence-corrected chi connectivity index (χ3v) is 6.57. The second-order valence-corrected chi connectivity index (χ2v) is 9.76. The van der Waals surface area contributed by atoms with Crippen LogP contribution in [0.25, 0.3) is 0 Å². The highest BCUT2D eigenvalue weighted by Crippen LogP contribution is 2.56. The molecule has 1 aromatic carbocycles. The first-order valence-corrected chi connectivity index (χ1v) is 11.0. The number of nitrogens with zero attached hydrogens (tertiary/aromatic N) is 1. The number of hydrogen-bond acceptors (Lipinski definition) is 5. The first-order valence-electron chi connectivity index (χ1n) is 9.48. The maximum Gasteiger partial charge on any atom is 0.406 e. The lowest BCUT2D eigenvalue weighted by molar-refractivity contribution is 0.284. The zero-order chi connectivity index (χ0) is 20.9. The van der Waals surface area contributed by atoms with Crippen molar-refractivity contribution in [2.75, 3.05) is 6.61 Å². The zero-order valence-electron chi connectivity index (χ0n) is 17.4. The fourth-order valence-corrected chi connectivity index (χ4v) is 4.34. The first kappa shape index (κ1) is 22.2. The molecule has 0 radical (unpaired) electrons. The van der Waals surface area contributed by atoms with Crippen LogP contribution in [0.3, 0.4) is 0 Å². The molecule has 28 heavy (non-hydrogen) atoms. The summed E-state index contributed by atoms with van der Waals surface area (Å²) in [5.74, 6) is 0.696. The number of phenolic OH excluding ortho intramolecular Hbond substituents is 1. The normalized spacial score (nSPS) is 13.8. The van der Waals surface area contributed by atoms with Crippen molar-refractivity contribution in [3.8, 4) is 11.5 Å². The molecule has 0 spiro atoms. The minimum Gasteiger partial charge on any atom is -0.508 e. The molecule has 0 aliphatic rings. The van der Waals surface area contributed by atoms with E-state index in [1.807, 2.05) is 25.1 Å². The van der Waals surface area contributed by atoms with Gasteiger partial charge in [-0.05, 0) is 42.0 Å². The molecule has 1 atom stereocenters. The molecule has 0 saturated heterocycles. The Morgan fingerprint density at radius 3 is 2.57 bits per heavy atom. The van der Waals surface area contributed by atoms with E-state index in [2.05, 4.69) is 32.3 Å². The molecule has 0 aliphatic heterocycles. The SMILES string of the molecule is C=C(CC)P(=O)(OCC)Oc1cnccc1Cc1ccc(O)c(C(C)(C)C)c1. The van der Waals surface area contributed by atoms with Gasteiger partial charge < -0.3 is 9.63 Å². The van der Waals surface area contributed by atoms with E-state index in [-0.39, 0.29) is 17.8 Å². The number of benzene rings is 1. The fourth-order valence-electron chi connectivity index (χ4n) is 2.83. The highest BCUT2D eigenvalue weighted by atomic mass is 31.2. The topological polar surface area (TPSA) is 68.7 Å². The lowest BCUT2D eigenvalue weighted by Gasteiger charge is -2.22. The predicted octanol–water partition coefficient (Wildman–Crippen LogP) is 6.21. The van der Waals surface area contributed by atoms with Crippen LogP contribution in [0.4, 0.5) is 0 Å². The summed E-state index contributed by atoms with van der Waals surface area (Å²) < 4.78 is 24.4. The Labute approximate surface area is 168 Å². The van der Waals surface area contributed by atoms with Gasteiger partial charge in [-0.1, -0.05) is 46.4 Å². The van der Waals surface area contributed by atoms with Crippen LogP contribution in [0.5, 0.6) is 11.5 Å². The summed E-state index contributed by atoms with van der Waals surface area (Å²) in [7, 11) is -3.48. The zero-order valence-corrected chi connectivity index (χ0v) is 18.3. The summed E-state index contributed by atoms with van der Waals surface area (Å²) in [4.78, 5) is 4.12. The third kappa shape index (κ3) is 5.24. The van der Waals surface area contributed by atoms with Gasteiger partial charge in [0.1, 0.15) is 5.75 Å². The molecule has 2 rings (SSSR count). The molecule has 0 fully saturated rings. The van der Waals surface area contributed by atoms with Gasteiger partial charge in [0, 0.05) is 23.5 Å². The van der Waals surface area contributed by atoms with Gasteiger partial charge in [0.2, 0.25) is 0 Å². The van der Waals surface area contributed by atoms with Crippen molar-refractivity contribution >= 4 is 7.60 Å². The standard InChI is InChI=1S/C22H30NO4P/c1-7-16(3)28(25,26-8-2)27-21-15-23-12-11-18(21)13-17-9-10-20(24)19(14-17)22(4,5)6/h9-12,14-15,24H,3,7-8,13H2,1-2,4-6H3. The Morgan fingerprint density at radius 2 is 1.96 bits per heavy atom. The smallest absolute Gasteiger partial charge is 0.406 e. The maximum absolute atomic E-state index is 13.1. The Morgan fingerprint density at radius 1 is 1.25 bits per heavy atom. The van der Waals surface area contributed by atoms with E-state index < -0.39 is 7.60 Å². The lowest BCUT2D eigenvalue weighted by atomic mass is 9.85. The molecular weight excluding hydrogens is 373 g/mol. The summed E-state index contributed by atoms with van der Waals surface area (Å²) in [6.07, 6.45) is 4.27. The molecule has 6 heteroatoms. The first-order chi connectivity index (χ1) is 13.1. The molecule has 1 aromatic heterocycles. The number of allylic oxidation sites excluding steroid dienone is 1. The van der Waals surface area contributed by atoms with E-state index in [1.165, 1.54) is 0 Å². The van der Waals surface area contributed by atoms with Crippen molar-refractivity contribution in [2.24, 2.45) is 0 Å². The minimum atomic E-state index is -3.48. The Bertz CT molecular complexity index is 886. The van der Waals surface area contributed by atoms with Crippen LogP contribution < -0.4 is 4.52 Å². The molecule has 0 saturated carbocycles. The van der Waals surface area contributed by atoms with Crippen molar-refractivity contribution in [3.05, 3.63) is 65.2 Å².